The first kappa shape index (κ1) is 21.9. The minimum absolute atomic E-state index is 0. The van der Waals surface area contributed by atoms with Crippen LogP contribution in [-0.4, -0.2) is 80.0 Å². The molecule has 0 unspecified atom stereocenters. The summed E-state index contributed by atoms with van der Waals surface area (Å²) in [5, 5.41) is 3.24. The number of piperazine rings is 1. The van der Waals surface area contributed by atoms with E-state index in [0.717, 1.165) is 44.6 Å². The second kappa shape index (κ2) is 10.7. The average Bonchev–Trinajstić information content (AvgIpc) is 2.62. The number of nitrogens with one attached hydrogen (secondary N) is 1. The molecule has 2 rings (SSSR count). The Labute approximate surface area is 167 Å². The van der Waals surface area contributed by atoms with E-state index in [1.165, 1.54) is 0 Å². The zero-order valence-corrected chi connectivity index (χ0v) is 17.9. The number of aromatic nitrogens is 2. The van der Waals surface area contributed by atoms with Gasteiger partial charge in [-0.25, -0.2) is 18.4 Å². The molecule has 0 amide bonds. The lowest BCUT2D eigenvalue weighted by molar-refractivity contribution is 0.370. The molecular weight excluding hydrogens is 455 g/mol. The van der Waals surface area contributed by atoms with Crippen LogP contribution < -0.4 is 10.2 Å². The number of hydrogen-bond acceptors (Lipinski definition) is 6. The van der Waals surface area contributed by atoms with E-state index in [0.29, 0.717) is 6.54 Å². The van der Waals surface area contributed by atoms with E-state index in [4.69, 9.17) is 0 Å². The maximum Gasteiger partial charge on any atom is 0.225 e. The van der Waals surface area contributed by atoms with Crippen LogP contribution in [0.15, 0.2) is 23.5 Å². The van der Waals surface area contributed by atoms with E-state index in [-0.39, 0.29) is 35.5 Å². The van der Waals surface area contributed by atoms with Crippen molar-refractivity contribution in [3.63, 3.8) is 0 Å². The molecule has 1 aromatic heterocycles. The molecule has 0 atom stereocenters. The summed E-state index contributed by atoms with van der Waals surface area (Å²) in [6, 6.07) is 1.81. The average molecular weight is 482 g/mol. The SMILES string of the molecule is CCNC(=NCCS(=O)(=O)CC)N1CCN(c2ncccn2)CC1.I. The first-order chi connectivity index (χ1) is 11.6. The smallest absolute Gasteiger partial charge is 0.225 e. The number of aliphatic imine (C=N–C) groups is 1. The Morgan fingerprint density at radius 2 is 1.84 bits per heavy atom. The minimum atomic E-state index is -2.98. The van der Waals surface area contributed by atoms with Crippen LogP contribution in [0.4, 0.5) is 5.95 Å². The Kier molecular flexibility index (Phi) is 9.39. The first-order valence-corrected chi connectivity index (χ1v) is 10.1. The Bertz CT molecular complexity index is 633. The number of rotatable bonds is 6. The number of halogens is 1. The Morgan fingerprint density at radius 3 is 2.40 bits per heavy atom. The van der Waals surface area contributed by atoms with Crippen LogP contribution in [-0.2, 0) is 9.84 Å². The van der Waals surface area contributed by atoms with Gasteiger partial charge in [0.15, 0.2) is 15.8 Å². The molecule has 1 saturated heterocycles. The fourth-order valence-electron chi connectivity index (χ4n) is 2.43. The van der Waals surface area contributed by atoms with Crippen molar-refractivity contribution in [1.82, 2.24) is 20.2 Å². The van der Waals surface area contributed by atoms with Gasteiger partial charge in [0.05, 0.1) is 12.3 Å². The Balaban J connectivity index is 0.00000312. The summed E-state index contributed by atoms with van der Waals surface area (Å²) in [7, 11) is -2.98. The van der Waals surface area contributed by atoms with Crippen LogP contribution >= 0.6 is 24.0 Å². The van der Waals surface area contributed by atoms with Crippen LogP contribution in [0.1, 0.15) is 13.8 Å². The number of sulfone groups is 1. The van der Waals surface area contributed by atoms with Crippen LogP contribution in [0.25, 0.3) is 0 Å². The molecular formula is C15H27IN6O2S. The summed E-state index contributed by atoms with van der Waals surface area (Å²) >= 11 is 0. The lowest BCUT2D eigenvalue weighted by Crippen LogP contribution is -2.53. The summed E-state index contributed by atoms with van der Waals surface area (Å²) in [4.78, 5) is 17.3. The molecule has 0 spiro atoms. The van der Waals surface area contributed by atoms with Gasteiger partial charge in [-0.05, 0) is 13.0 Å². The highest BCUT2D eigenvalue weighted by Crippen LogP contribution is 2.09. The molecule has 1 aliphatic heterocycles. The largest absolute Gasteiger partial charge is 0.357 e. The summed E-state index contributed by atoms with van der Waals surface area (Å²) in [5.41, 5.74) is 0. The molecule has 0 aliphatic carbocycles. The van der Waals surface area contributed by atoms with E-state index in [1.807, 2.05) is 6.92 Å². The third-order valence-corrected chi connectivity index (χ3v) is 5.54. The molecule has 0 saturated carbocycles. The molecule has 1 aliphatic rings. The van der Waals surface area contributed by atoms with E-state index in [2.05, 4.69) is 30.1 Å². The van der Waals surface area contributed by atoms with Crippen molar-refractivity contribution in [3.05, 3.63) is 18.5 Å². The normalized spacial score (nSPS) is 15.7. The number of hydrogen-bond donors (Lipinski definition) is 1. The van der Waals surface area contributed by atoms with Gasteiger partial charge in [0.1, 0.15) is 0 Å². The van der Waals surface area contributed by atoms with Gasteiger partial charge in [-0.3, -0.25) is 4.99 Å². The standard InChI is InChI=1S/C15H26N6O2S.HI/c1-3-16-14(19-8-13-24(22,23)4-2)20-9-11-21(12-10-20)15-17-6-5-7-18-15;/h5-7H,3-4,8-13H2,1-2H3,(H,16,19);1H. The highest BCUT2D eigenvalue weighted by molar-refractivity contribution is 14.0. The molecule has 1 fully saturated rings. The zero-order chi connectivity index (χ0) is 17.4. The molecule has 0 bridgehead atoms. The fourth-order valence-corrected chi connectivity index (χ4v) is 3.09. The zero-order valence-electron chi connectivity index (χ0n) is 14.8. The third-order valence-electron chi connectivity index (χ3n) is 3.85. The minimum Gasteiger partial charge on any atom is -0.357 e. The molecule has 10 heteroatoms. The van der Waals surface area contributed by atoms with Crippen molar-refractivity contribution < 1.29 is 8.42 Å². The van der Waals surface area contributed by atoms with Crippen molar-refractivity contribution in [2.45, 2.75) is 13.8 Å². The molecule has 142 valence electrons. The first-order valence-electron chi connectivity index (χ1n) is 8.31. The monoisotopic (exact) mass is 482 g/mol. The predicted molar refractivity (Wildman–Crippen MR) is 112 cm³/mol. The van der Waals surface area contributed by atoms with Gasteiger partial charge in [-0.15, -0.1) is 24.0 Å². The van der Waals surface area contributed by atoms with Gasteiger partial charge in [0.2, 0.25) is 5.95 Å². The third kappa shape index (κ3) is 6.92. The van der Waals surface area contributed by atoms with E-state index < -0.39 is 9.84 Å². The van der Waals surface area contributed by atoms with E-state index >= 15 is 0 Å². The van der Waals surface area contributed by atoms with Crippen LogP contribution in [0.5, 0.6) is 0 Å². The molecule has 1 N–H and O–H groups in total. The quantitative estimate of drug-likeness (QED) is 0.361. The summed E-state index contributed by atoms with van der Waals surface area (Å²) in [5.74, 6) is 1.77. The van der Waals surface area contributed by atoms with Crippen LogP contribution in [0, 0.1) is 0 Å². The molecule has 1 aromatic rings. The molecule has 8 nitrogen and oxygen atoms in total. The van der Waals surface area contributed by atoms with Crippen LogP contribution in [0.2, 0.25) is 0 Å². The number of anilines is 1. The summed E-state index contributed by atoms with van der Waals surface area (Å²) < 4.78 is 23.2. The van der Waals surface area contributed by atoms with Gasteiger partial charge in [0.25, 0.3) is 0 Å². The van der Waals surface area contributed by atoms with Crippen LogP contribution in [0.3, 0.4) is 0 Å². The van der Waals surface area contributed by atoms with Crippen molar-refractivity contribution in [1.29, 1.82) is 0 Å². The van der Waals surface area contributed by atoms with E-state index in [1.54, 1.807) is 25.4 Å². The van der Waals surface area contributed by atoms with Gasteiger partial charge in [0, 0.05) is 50.9 Å². The second-order valence-electron chi connectivity index (χ2n) is 5.49. The van der Waals surface area contributed by atoms with Crippen molar-refractivity contribution >= 4 is 45.7 Å². The van der Waals surface area contributed by atoms with Crippen molar-refractivity contribution in [2.24, 2.45) is 4.99 Å². The summed E-state index contributed by atoms with van der Waals surface area (Å²) in [6.07, 6.45) is 3.49. The second-order valence-corrected chi connectivity index (χ2v) is 7.97. The molecule has 25 heavy (non-hydrogen) atoms. The predicted octanol–water partition coefficient (Wildman–Crippen LogP) is 0.617. The Hall–Kier alpha value is -1.17. The lowest BCUT2D eigenvalue weighted by Gasteiger charge is -2.36. The van der Waals surface area contributed by atoms with Crippen molar-refractivity contribution in [3.8, 4) is 0 Å². The molecule has 0 radical (unpaired) electrons. The van der Waals surface area contributed by atoms with Gasteiger partial charge in [-0.2, -0.15) is 0 Å². The number of nitrogens with zero attached hydrogens (tertiary/aromatic N) is 5. The van der Waals surface area contributed by atoms with Gasteiger partial charge in [-0.1, -0.05) is 6.92 Å². The topological polar surface area (TPSA) is 90.8 Å². The van der Waals surface area contributed by atoms with E-state index in [9.17, 15) is 8.42 Å². The maximum atomic E-state index is 11.6. The van der Waals surface area contributed by atoms with Gasteiger partial charge >= 0.3 is 0 Å². The molecule has 0 aromatic carbocycles. The number of guanidine groups is 1. The highest BCUT2D eigenvalue weighted by atomic mass is 127. The lowest BCUT2D eigenvalue weighted by atomic mass is 10.3. The fraction of sp³-hybridized carbons (Fsp3) is 0.667. The maximum absolute atomic E-state index is 11.6. The summed E-state index contributed by atoms with van der Waals surface area (Å²) in [6.45, 7) is 7.92. The van der Waals surface area contributed by atoms with Gasteiger partial charge < -0.3 is 15.1 Å². The Morgan fingerprint density at radius 1 is 1.20 bits per heavy atom. The highest BCUT2D eigenvalue weighted by Gasteiger charge is 2.21. The molecule has 2 heterocycles. The van der Waals surface area contributed by atoms with Crippen molar-refractivity contribution in [2.75, 3.05) is 55.7 Å².